The molecule has 0 aliphatic carbocycles. The summed E-state index contributed by atoms with van der Waals surface area (Å²) in [5, 5.41) is 2.99. The molecule has 33 heavy (non-hydrogen) atoms. The predicted octanol–water partition coefficient (Wildman–Crippen LogP) is 4.02. The lowest BCUT2D eigenvalue weighted by Crippen LogP contribution is -2.38. The van der Waals surface area contributed by atoms with E-state index in [0.29, 0.717) is 31.1 Å². The van der Waals surface area contributed by atoms with Gasteiger partial charge in [-0.25, -0.2) is 8.42 Å². The van der Waals surface area contributed by atoms with Gasteiger partial charge in [0.1, 0.15) is 0 Å². The number of amides is 1. The number of rotatable bonds is 7. The molecule has 2 saturated heterocycles. The summed E-state index contributed by atoms with van der Waals surface area (Å²) in [5.41, 5.74) is 2.70. The normalized spacial score (nSPS) is 18.8. The highest BCUT2D eigenvalue weighted by molar-refractivity contribution is 7.89. The molecule has 1 amide bonds. The van der Waals surface area contributed by atoms with Gasteiger partial charge in [-0.05, 0) is 74.0 Å². The maximum atomic E-state index is 13.1. The van der Waals surface area contributed by atoms with Crippen molar-refractivity contribution in [1.29, 1.82) is 0 Å². The van der Waals surface area contributed by atoms with E-state index in [1.54, 1.807) is 22.5 Å². The molecular formula is C26H35N3O3S. The number of nitrogens with one attached hydrogen (secondary N) is 1. The Bertz CT molecular complexity index is 1060. The molecule has 7 heteroatoms. The molecule has 0 spiro atoms. The maximum Gasteiger partial charge on any atom is 0.251 e. The van der Waals surface area contributed by atoms with Crippen molar-refractivity contribution >= 4 is 15.9 Å². The number of sulfonamides is 1. The third kappa shape index (κ3) is 6.02. The molecule has 1 N–H and O–H groups in total. The van der Waals surface area contributed by atoms with E-state index in [9.17, 15) is 13.2 Å². The quantitative estimate of drug-likeness (QED) is 0.665. The molecule has 2 heterocycles. The molecule has 2 fully saturated rings. The van der Waals surface area contributed by atoms with Crippen LogP contribution in [0.3, 0.4) is 0 Å². The Morgan fingerprint density at radius 1 is 0.939 bits per heavy atom. The topological polar surface area (TPSA) is 69.7 Å². The van der Waals surface area contributed by atoms with Crippen LogP contribution in [0.15, 0.2) is 53.4 Å². The molecule has 0 saturated carbocycles. The zero-order valence-electron chi connectivity index (χ0n) is 19.5. The number of hydrogen-bond donors (Lipinski definition) is 1. The molecule has 0 aromatic heterocycles. The van der Waals surface area contributed by atoms with Gasteiger partial charge in [-0.1, -0.05) is 43.7 Å². The summed E-state index contributed by atoms with van der Waals surface area (Å²) >= 11 is 0. The van der Waals surface area contributed by atoms with Gasteiger partial charge in [0.05, 0.1) is 4.90 Å². The standard InChI is InChI=1S/C26H35N3O3S/c1-21-12-16-29(17-13-21)33(31,32)25-11-7-10-22(18-25)26(30)27-19-23-8-3-4-9-24(23)20-28-14-5-2-6-15-28/h3-4,7-11,18,21H,2,5-6,12-17,19-20H2,1H3,(H,27,30). The van der Waals surface area contributed by atoms with E-state index in [4.69, 9.17) is 0 Å². The smallest absolute Gasteiger partial charge is 0.251 e. The third-order valence-electron chi connectivity index (χ3n) is 6.88. The highest BCUT2D eigenvalue weighted by atomic mass is 32.2. The number of nitrogens with zero attached hydrogens (tertiary/aromatic N) is 2. The van der Waals surface area contributed by atoms with Crippen LogP contribution < -0.4 is 5.32 Å². The first-order valence-corrected chi connectivity index (χ1v) is 13.5. The van der Waals surface area contributed by atoms with Crippen molar-refractivity contribution in [3.05, 3.63) is 65.2 Å². The van der Waals surface area contributed by atoms with Crippen molar-refractivity contribution in [3.63, 3.8) is 0 Å². The molecule has 6 nitrogen and oxygen atoms in total. The van der Waals surface area contributed by atoms with E-state index < -0.39 is 10.0 Å². The van der Waals surface area contributed by atoms with Crippen LogP contribution in [0.4, 0.5) is 0 Å². The second kappa shape index (κ2) is 10.8. The van der Waals surface area contributed by atoms with Gasteiger partial charge in [0.15, 0.2) is 0 Å². The van der Waals surface area contributed by atoms with Crippen LogP contribution in [0.1, 0.15) is 60.5 Å². The number of benzene rings is 2. The monoisotopic (exact) mass is 469 g/mol. The Labute approximate surface area is 198 Å². The SMILES string of the molecule is CC1CCN(S(=O)(=O)c2cccc(C(=O)NCc3ccccc3CN3CCCCC3)c2)CC1. The maximum absolute atomic E-state index is 13.1. The molecule has 2 aromatic carbocycles. The molecule has 0 unspecified atom stereocenters. The van der Waals surface area contributed by atoms with E-state index in [0.717, 1.165) is 38.0 Å². The number of carbonyl (C=O) groups is 1. The lowest BCUT2D eigenvalue weighted by Gasteiger charge is -2.29. The van der Waals surface area contributed by atoms with Crippen molar-refractivity contribution in [2.24, 2.45) is 5.92 Å². The van der Waals surface area contributed by atoms with Crippen LogP contribution in [-0.4, -0.2) is 49.7 Å². The zero-order chi connectivity index (χ0) is 23.3. The van der Waals surface area contributed by atoms with Crippen LogP contribution in [0.5, 0.6) is 0 Å². The van der Waals surface area contributed by atoms with Crippen molar-refractivity contribution in [3.8, 4) is 0 Å². The predicted molar refractivity (Wildman–Crippen MR) is 130 cm³/mol. The second-order valence-corrected chi connectivity index (χ2v) is 11.3. The molecule has 0 bridgehead atoms. The zero-order valence-corrected chi connectivity index (χ0v) is 20.3. The van der Waals surface area contributed by atoms with Crippen molar-refractivity contribution in [1.82, 2.24) is 14.5 Å². The Morgan fingerprint density at radius 2 is 1.64 bits per heavy atom. The number of piperidine rings is 2. The third-order valence-corrected chi connectivity index (χ3v) is 8.77. The molecule has 4 rings (SSSR count). The molecule has 2 aromatic rings. The largest absolute Gasteiger partial charge is 0.348 e. The van der Waals surface area contributed by atoms with Crippen molar-refractivity contribution in [2.75, 3.05) is 26.2 Å². The molecule has 0 atom stereocenters. The van der Waals surface area contributed by atoms with E-state index >= 15 is 0 Å². The fourth-order valence-corrected chi connectivity index (χ4v) is 6.21. The highest BCUT2D eigenvalue weighted by Crippen LogP contribution is 2.24. The minimum absolute atomic E-state index is 0.190. The molecule has 0 radical (unpaired) electrons. The van der Waals surface area contributed by atoms with E-state index in [2.05, 4.69) is 29.3 Å². The summed E-state index contributed by atoms with van der Waals surface area (Å²) in [4.78, 5) is 15.5. The second-order valence-electron chi connectivity index (χ2n) is 9.40. The van der Waals surface area contributed by atoms with E-state index in [-0.39, 0.29) is 10.8 Å². The minimum Gasteiger partial charge on any atom is -0.348 e. The van der Waals surface area contributed by atoms with Gasteiger partial charge >= 0.3 is 0 Å². The Balaban J connectivity index is 1.42. The van der Waals surface area contributed by atoms with E-state index in [1.807, 2.05) is 12.1 Å². The van der Waals surface area contributed by atoms with Gasteiger partial charge in [0.25, 0.3) is 5.91 Å². The fourth-order valence-electron chi connectivity index (χ4n) is 4.69. The van der Waals surface area contributed by atoms with Gasteiger partial charge in [-0.2, -0.15) is 4.31 Å². The van der Waals surface area contributed by atoms with E-state index in [1.165, 1.54) is 30.9 Å². The summed E-state index contributed by atoms with van der Waals surface area (Å²) in [5.74, 6) is 0.290. The first-order valence-electron chi connectivity index (χ1n) is 12.1. The van der Waals surface area contributed by atoms with Gasteiger partial charge in [0.2, 0.25) is 10.0 Å². The van der Waals surface area contributed by atoms with Crippen LogP contribution in [-0.2, 0) is 23.1 Å². The average molecular weight is 470 g/mol. The molecule has 2 aliphatic heterocycles. The molecular weight excluding hydrogens is 434 g/mol. The molecule has 2 aliphatic rings. The molecule has 178 valence electrons. The number of carbonyl (C=O) groups excluding carboxylic acids is 1. The van der Waals surface area contributed by atoms with Crippen LogP contribution in [0.25, 0.3) is 0 Å². The van der Waals surface area contributed by atoms with Crippen LogP contribution in [0, 0.1) is 5.92 Å². The number of hydrogen-bond acceptors (Lipinski definition) is 4. The van der Waals surface area contributed by atoms with Crippen LogP contribution in [0.2, 0.25) is 0 Å². The average Bonchev–Trinajstić information content (AvgIpc) is 2.84. The van der Waals surface area contributed by atoms with Gasteiger partial charge < -0.3 is 5.32 Å². The first-order chi connectivity index (χ1) is 15.9. The highest BCUT2D eigenvalue weighted by Gasteiger charge is 2.28. The number of likely N-dealkylation sites (tertiary alicyclic amines) is 1. The fraction of sp³-hybridized carbons (Fsp3) is 0.500. The lowest BCUT2D eigenvalue weighted by molar-refractivity contribution is 0.0950. The Hall–Kier alpha value is -2.22. The van der Waals surface area contributed by atoms with Crippen LogP contribution >= 0.6 is 0 Å². The summed E-state index contributed by atoms with van der Waals surface area (Å²) < 4.78 is 27.7. The summed E-state index contributed by atoms with van der Waals surface area (Å²) in [6.45, 7) is 6.79. The summed E-state index contributed by atoms with van der Waals surface area (Å²) in [6, 6.07) is 14.6. The Morgan fingerprint density at radius 3 is 2.36 bits per heavy atom. The van der Waals surface area contributed by atoms with Crippen molar-refractivity contribution in [2.45, 2.75) is 57.0 Å². The Kier molecular flexibility index (Phi) is 7.83. The van der Waals surface area contributed by atoms with Gasteiger partial charge in [-0.3, -0.25) is 9.69 Å². The summed E-state index contributed by atoms with van der Waals surface area (Å²) in [6.07, 6.45) is 5.54. The van der Waals surface area contributed by atoms with Gasteiger partial charge in [-0.15, -0.1) is 0 Å². The van der Waals surface area contributed by atoms with Crippen molar-refractivity contribution < 1.29 is 13.2 Å². The first kappa shape index (κ1) is 23.9. The lowest BCUT2D eigenvalue weighted by atomic mass is 10.0. The summed E-state index contributed by atoms with van der Waals surface area (Å²) in [7, 11) is -3.58. The van der Waals surface area contributed by atoms with Gasteiger partial charge in [0, 0.05) is 31.7 Å². The minimum atomic E-state index is -3.58.